The van der Waals surface area contributed by atoms with Crippen LogP contribution in [0.4, 0.5) is 11.4 Å². The van der Waals surface area contributed by atoms with Gasteiger partial charge in [-0.05, 0) is 61.4 Å². The number of amides is 1. The zero-order valence-electron chi connectivity index (χ0n) is 20.0. The van der Waals surface area contributed by atoms with E-state index in [0.717, 1.165) is 5.56 Å². The van der Waals surface area contributed by atoms with Gasteiger partial charge in [0.05, 0.1) is 10.6 Å². The van der Waals surface area contributed by atoms with Crippen molar-refractivity contribution in [3.8, 4) is 17.1 Å². The van der Waals surface area contributed by atoms with Crippen LogP contribution in [0.15, 0.2) is 88.6 Å². The normalized spacial score (nSPS) is 12.7. The summed E-state index contributed by atoms with van der Waals surface area (Å²) in [6, 6.07) is 21.8. The standard InChI is InChI=1S/C27H24N4O5S/c1-18-15-25(32)30-27(28-18)20-6-4-7-21(16-20)29-26(33)17-36-22-9-11-23(12-10-22)37(34,35)31-14-13-19-5-2-3-8-24(19)31/h2-12,15-16H,13-14,17H2,1H3,(H,29,33)(H,28,30,32). The van der Waals surface area contributed by atoms with E-state index in [0.29, 0.717) is 47.2 Å². The van der Waals surface area contributed by atoms with Crippen molar-refractivity contribution < 1.29 is 17.9 Å². The van der Waals surface area contributed by atoms with Crippen molar-refractivity contribution in [2.24, 2.45) is 0 Å². The number of carbonyl (C=O) groups is 1. The number of sulfonamides is 1. The van der Waals surface area contributed by atoms with Crippen LogP contribution in [-0.2, 0) is 21.2 Å². The molecule has 0 radical (unpaired) electrons. The second-order valence-corrected chi connectivity index (χ2v) is 10.4. The quantitative estimate of drug-likeness (QED) is 0.388. The number of fused-ring (bicyclic) bond motifs is 1. The van der Waals surface area contributed by atoms with Crippen molar-refractivity contribution >= 4 is 27.3 Å². The fraction of sp³-hybridized carbons (Fsp3) is 0.148. The summed E-state index contributed by atoms with van der Waals surface area (Å²) < 4.78 is 33.3. The van der Waals surface area contributed by atoms with Gasteiger partial charge >= 0.3 is 0 Å². The van der Waals surface area contributed by atoms with Gasteiger partial charge in [-0.25, -0.2) is 13.4 Å². The highest BCUT2D eigenvalue weighted by atomic mass is 32.2. The fourth-order valence-corrected chi connectivity index (χ4v) is 5.70. The molecule has 9 nitrogen and oxygen atoms in total. The lowest BCUT2D eigenvalue weighted by Crippen LogP contribution is -2.29. The highest BCUT2D eigenvalue weighted by Crippen LogP contribution is 2.33. The highest BCUT2D eigenvalue weighted by Gasteiger charge is 2.30. The van der Waals surface area contributed by atoms with Gasteiger partial charge in [0.15, 0.2) is 6.61 Å². The number of carbonyl (C=O) groups excluding carboxylic acids is 1. The first kappa shape index (κ1) is 24.3. The number of nitrogens with zero attached hydrogens (tertiary/aromatic N) is 2. The van der Waals surface area contributed by atoms with Gasteiger partial charge in [-0.15, -0.1) is 0 Å². The smallest absolute Gasteiger partial charge is 0.264 e. The van der Waals surface area contributed by atoms with Crippen LogP contribution in [0.3, 0.4) is 0 Å². The Hall–Kier alpha value is -4.44. The van der Waals surface area contributed by atoms with Crippen LogP contribution in [0.25, 0.3) is 11.4 Å². The molecule has 1 amide bonds. The molecule has 10 heteroatoms. The Labute approximate surface area is 213 Å². The van der Waals surface area contributed by atoms with Gasteiger partial charge in [-0.2, -0.15) is 0 Å². The van der Waals surface area contributed by atoms with Crippen molar-refractivity contribution in [2.75, 3.05) is 22.8 Å². The summed E-state index contributed by atoms with van der Waals surface area (Å²) in [5.41, 5.74) is 3.21. The number of hydrogen-bond donors (Lipinski definition) is 2. The second kappa shape index (κ2) is 9.90. The molecule has 2 heterocycles. The number of nitrogens with one attached hydrogen (secondary N) is 2. The third kappa shape index (κ3) is 5.24. The van der Waals surface area contributed by atoms with Gasteiger partial charge in [-0.1, -0.05) is 30.3 Å². The molecule has 37 heavy (non-hydrogen) atoms. The van der Waals surface area contributed by atoms with Crippen LogP contribution in [0.2, 0.25) is 0 Å². The van der Waals surface area contributed by atoms with Gasteiger partial charge in [0.1, 0.15) is 11.6 Å². The molecule has 0 atom stereocenters. The van der Waals surface area contributed by atoms with E-state index < -0.39 is 15.9 Å². The zero-order valence-corrected chi connectivity index (χ0v) is 20.8. The second-order valence-electron chi connectivity index (χ2n) is 8.58. The monoisotopic (exact) mass is 516 g/mol. The molecule has 0 bridgehead atoms. The minimum atomic E-state index is -3.70. The Bertz CT molecular complexity index is 1630. The van der Waals surface area contributed by atoms with Gasteiger partial charge in [0, 0.05) is 29.6 Å². The first-order valence-corrected chi connectivity index (χ1v) is 13.1. The van der Waals surface area contributed by atoms with Gasteiger partial charge in [-0.3, -0.25) is 13.9 Å². The van der Waals surface area contributed by atoms with Crippen LogP contribution in [-0.4, -0.2) is 37.4 Å². The van der Waals surface area contributed by atoms with Crippen molar-refractivity contribution in [3.05, 3.63) is 100 Å². The van der Waals surface area contributed by atoms with Gasteiger partial charge < -0.3 is 15.0 Å². The Morgan fingerprint density at radius 2 is 1.84 bits per heavy atom. The number of anilines is 2. The maximum Gasteiger partial charge on any atom is 0.264 e. The van der Waals surface area contributed by atoms with Crippen LogP contribution in [0, 0.1) is 6.92 Å². The van der Waals surface area contributed by atoms with Crippen LogP contribution in [0.5, 0.6) is 5.75 Å². The van der Waals surface area contributed by atoms with Crippen LogP contribution >= 0.6 is 0 Å². The molecule has 0 aliphatic carbocycles. The van der Waals surface area contributed by atoms with E-state index in [1.165, 1.54) is 34.6 Å². The topological polar surface area (TPSA) is 121 Å². The number of ether oxygens (including phenoxy) is 1. The molecule has 0 unspecified atom stereocenters. The Morgan fingerprint density at radius 3 is 2.62 bits per heavy atom. The van der Waals surface area contributed by atoms with E-state index in [-0.39, 0.29) is 17.1 Å². The molecule has 188 valence electrons. The van der Waals surface area contributed by atoms with Crippen molar-refractivity contribution in [2.45, 2.75) is 18.2 Å². The molecule has 1 aliphatic rings. The number of para-hydroxylation sites is 1. The van der Waals surface area contributed by atoms with E-state index in [4.69, 9.17) is 4.74 Å². The third-order valence-corrected chi connectivity index (χ3v) is 7.74. The van der Waals surface area contributed by atoms with E-state index in [2.05, 4.69) is 15.3 Å². The average Bonchev–Trinajstić information content (AvgIpc) is 3.33. The predicted molar refractivity (Wildman–Crippen MR) is 140 cm³/mol. The highest BCUT2D eigenvalue weighted by molar-refractivity contribution is 7.92. The molecular formula is C27H24N4O5S. The number of H-pyrrole nitrogens is 1. The maximum absolute atomic E-state index is 13.1. The first-order chi connectivity index (χ1) is 17.8. The third-order valence-electron chi connectivity index (χ3n) is 5.92. The number of aromatic nitrogens is 2. The summed E-state index contributed by atoms with van der Waals surface area (Å²) in [7, 11) is -3.70. The summed E-state index contributed by atoms with van der Waals surface area (Å²) >= 11 is 0. The van der Waals surface area contributed by atoms with Crippen molar-refractivity contribution in [1.29, 1.82) is 0 Å². The first-order valence-electron chi connectivity index (χ1n) is 11.6. The number of hydrogen-bond acceptors (Lipinski definition) is 6. The van der Waals surface area contributed by atoms with E-state index in [1.54, 1.807) is 31.2 Å². The lowest BCUT2D eigenvalue weighted by Gasteiger charge is -2.19. The number of rotatable bonds is 7. The van der Waals surface area contributed by atoms with E-state index in [1.807, 2.05) is 24.3 Å². The predicted octanol–water partition coefficient (Wildman–Crippen LogP) is 3.51. The molecule has 0 saturated carbocycles. The summed E-state index contributed by atoms with van der Waals surface area (Å²) in [5, 5.41) is 2.75. The minimum Gasteiger partial charge on any atom is -0.484 e. The zero-order chi connectivity index (χ0) is 26.0. The Morgan fingerprint density at radius 1 is 1.05 bits per heavy atom. The lowest BCUT2D eigenvalue weighted by atomic mass is 10.2. The molecule has 3 aromatic carbocycles. The molecular weight excluding hydrogens is 492 g/mol. The fourth-order valence-electron chi connectivity index (χ4n) is 4.20. The Balaban J connectivity index is 1.21. The van der Waals surface area contributed by atoms with Crippen LogP contribution < -0.4 is 19.9 Å². The molecule has 1 aliphatic heterocycles. The Kier molecular flexibility index (Phi) is 6.49. The largest absolute Gasteiger partial charge is 0.484 e. The van der Waals surface area contributed by atoms with Crippen LogP contribution in [0.1, 0.15) is 11.3 Å². The molecule has 0 spiro atoms. The maximum atomic E-state index is 13.1. The lowest BCUT2D eigenvalue weighted by molar-refractivity contribution is -0.118. The molecule has 4 aromatic rings. The summed E-state index contributed by atoms with van der Waals surface area (Å²) in [5.74, 6) is 0.379. The molecule has 5 rings (SSSR count). The molecule has 0 fully saturated rings. The molecule has 1 aromatic heterocycles. The average molecular weight is 517 g/mol. The number of aryl methyl sites for hydroxylation is 1. The molecule has 2 N–H and O–H groups in total. The number of aromatic amines is 1. The van der Waals surface area contributed by atoms with E-state index in [9.17, 15) is 18.0 Å². The van der Waals surface area contributed by atoms with Gasteiger partial charge in [0.2, 0.25) is 0 Å². The summed E-state index contributed by atoms with van der Waals surface area (Å²) in [6.07, 6.45) is 0.675. The summed E-state index contributed by atoms with van der Waals surface area (Å²) in [4.78, 5) is 31.3. The van der Waals surface area contributed by atoms with Crippen molar-refractivity contribution in [3.63, 3.8) is 0 Å². The van der Waals surface area contributed by atoms with Gasteiger partial charge in [0.25, 0.3) is 21.5 Å². The van der Waals surface area contributed by atoms with Crippen molar-refractivity contribution in [1.82, 2.24) is 9.97 Å². The van der Waals surface area contributed by atoms with E-state index >= 15 is 0 Å². The molecule has 0 saturated heterocycles. The number of benzene rings is 3. The summed E-state index contributed by atoms with van der Waals surface area (Å²) in [6.45, 7) is 1.86. The SMILES string of the molecule is Cc1cc(=O)[nH]c(-c2cccc(NC(=O)COc3ccc(S(=O)(=O)N4CCc5ccccc54)cc3)c2)n1. The minimum absolute atomic E-state index is 0.153.